The first-order valence-corrected chi connectivity index (χ1v) is 12.3. The highest BCUT2D eigenvalue weighted by molar-refractivity contribution is 6.01. The van der Waals surface area contributed by atoms with E-state index in [0.29, 0.717) is 44.7 Å². The molecule has 35 heavy (non-hydrogen) atoms. The number of amides is 2. The van der Waals surface area contributed by atoms with Crippen LogP contribution in [0.4, 0.5) is 0 Å². The van der Waals surface area contributed by atoms with Crippen molar-refractivity contribution in [1.82, 2.24) is 14.4 Å². The molecular formula is C28H33N3O4. The van der Waals surface area contributed by atoms with Crippen molar-refractivity contribution in [2.24, 2.45) is 7.05 Å². The molecule has 0 saturated carbocycles. The first kappa shape index (κ1) is 23.6. The van der Waals surface area contributed by atoms with Gasteiger partial charge in [-0.25, -0.2) is 0 Å². The molecule has 2 saturated heterocycles. The minimum absolute atomic E-state index is 0.0434. The standard InChI is InChI=1S/C28H33N3O4/c1-4-5-6-9-20-18-29(2)19-23(20)25-24(21-10-7-8-11-22(21)26(32)30(25)3)27(33)31-14-12-28(13-15-31)34-16-17-35-28/h4-11,18-19,24-25H,12-17H2,1-3H3/b5-4-,9-6-. The summed E-state index contributed by atoms with van der Waals surface area (Å²) in [6.45, 7) is 4.34. The average Bonchev–Trinajstić information content (AvgIpc) is 3.47. The zero-order chi connectivity index (χ0) is 24.6. The van der Waals surface area contributed by atoms with Gasteiger partial charge in [0, 0.05) is 63.5 Å². The van der Waals surface area contributed by atoms with Gasteiger partial charge in [-0.1, -0.05) is 42.5 Å². The number of benzene rings is 1. The lowest BCUT2D eigenvalue weighted by Gasteiger charge is -2.44. The van der Waals surface area contributed by atoms with Gasteiger partial charge in [-0.2, -0.15) is 0 Å². The molecule has 2 amide bonds. The number of carbonyl (C=O) groups is 2. The van der Waals surface area contributed by atoms with Crippen molar-refractivity contribution in [3.63, 3.8) is 0 Å². The number of hydrogen-bond acceptors (Lipinski definition) is 4. The van der Waals surface area contributed by atoms with Crippen LogP contribution in [0.25, 0.3) is 6.08 Å². The van der Waals surface area contributed by atoms with Crippen LogP contribution in [-0.2, 0) is 21.3 Å². The van der Waals surface area contributed by atoms with Gasteiger partial charge in [0.1, 0.15) is 0 Å². The molecule has 3 aliphatic heterocycles. The van der Waals surface area contributed by atoms with E-state index in [1.54, 1.807) is 11.9 Å². The van der Waals surface area contributed by atoms with Gasteiger partial charge >= 0.3 is 0 Å². The maximum absolute atomic E-state index is 14.2. The van der Waals surface area contributed by atoms with Crippen LogP contribution in [0, 0.1) is 0 Å². The molecule has 2 fully saturated rings. The van der Waals surface area contributed by atoms with Crippen LogP contribution in [0.15, 0.2) is 54.9 Å². The number of ether oxygens (including phenoxy) is 2. The van der Waals surface area contributed by atoms with E-state index in [0.717, 1.165) is 16.7 Å². The molecule has 184 valence electrons. The Balaban J connectivity index is 1.54. The van der Waals surface area contributed by atoms with Crippen LogP contribution < -0.4 is 0 Å². The lowest BCUT2D eigenvalue weighted by atomic mass is 9.78. The fourth-order valence-electron chi connectivity index (χ4n) is 5.66. The van der Waals surface area contributed by atoms with E-state index in [2.05, 4.69) is 0 Å². The highest BCUT2D eigenvalue weighted by Crippen LogP contribution is 2.45. The van der Waals surface area contributed by atoms with E-state index in [1.807, 2.05) is 84.4 Å². The fourth-order valence-corrected chi connectivity index (χ4v) is 5.66. The van der Waals surface area contributed by atoms with Gasteiger partial charge in [0.05, 0.1) is 25.2 Å². The fraction of sp³-hybridized carbons (Fsp3) is 0.429. The van der Waals surface area contributed by atoms with E-state index in [1.165, 1.54) is 0 Å². The SMILES string of the molecule is C/C=C\C=C/c1cn(C)cc1C1C(C(=O)N2CCC3(CC2)OCCO3)c2ccccc2C(=O)N1C. The van der Waals surface area contributed by atoms with E-state index >= 15 is 0 Å². The predicted molar refractivity (Wildman–Crippen MR) is 134 cm³/mol. The highest BCUT2D eigenvalue weighted by Gasteiger charge is 2.47. The van der Waals surface area contributed by atoms with Crippen molar-refractivity contribution in [3.05, 3.63) is 77.1 Å². The number of aromatic nitrogens is 1. The zero-order valence-corrected chi connectivity index (χ0v) is 20.6. The first-order chi connectivity index (χ1) is 16.9. The molecular weight excluding hydrogens is 442 g/mol. The molecule has 1 aromatic heterocycles. The number of aryl methyl sites for hydroxylation is 1. The third-order valence-corrected chi connectivity index (χ3v) is 7.41. The lowest BCUT2D eigenvalue weighted by Crippen LogP contribution is -2.51. The second kappa shape index (κ2) is 9.47. The van der Waals surface area contributed by atoms with Crippen molar-refractivity contribution in [2.45, 2.75) is 37.5 Å². The molecule has 0 aliphatic carbocycles. The van der Waals surface area contributed by atoms with Crippen LogP contribution in [0.2, 0.25) is 0 Å². The largest absolute Gasteiger partial charge is 0.356 e. The zero-order valence-electron chi connectivity index (χ0n) is 20.6. The minimum atomic E-state index is -0.544. The molecule has 2 unspecified atom stereocenters. The first-order valence-electron chi connectivity index (χ1n) is 12.3. The second-order valence-corrected chi connectivity index (χ2v) is 9.58. The van der Waals surface area contributed by atoms with Crippen molar-refractivity contribution in [2.75, 3.05) is 33.4 Å². The number of likely N-dealkylation sites (N-methyl/N-ethyl adjacent to an activating group) is 1. The summed E-state index contributed by atoms with van der Waals surface area (Å²) in [6.07, 6.45) is 13.4. The number of allylic oxidation sites excluding steroid dienone is 3. The van der Waals surface area contributed by atoms with Gasteiger partial charge in [-0.15, -0.1) is 0 Å². The third-order valence-electron chi connectivity index (χ3n) is 7.41. The second-order valence-electron chi connectivity index (χ2n) is 9.58. The average molecular weight is 476 g/mol. The topological polar surface area (TPSA) is 64.0 Å². The number of rotatable bonds is 4. The van der Waals surface area contributed by atoms with Crippen LogP contribution >= 0.6 is 0 Å². The van der Waals surface area contributed by atoms with E-state index in [-0.39, 0.29) is 11.8 Å². The van der Waals surface area contributed by atoms with Crippen molar-refractivity contribution in [3.8, 4) is 0 Å². The van der Waals surface area contributed by atoms with E-state index < -0.39 is 17.7 Å². The molecule has 3 aliphatic rings. The summed E-state index contributed by atoms with van der Waals surface area (Å²) < 4.78 is 13.7. The summed E-state index contributed by atoms with van der Waals surface area (Å²) >= 11 is 0. The van der Waals surface area contributed by atoms with Gasteiger partial charge in [-0.3, -0.25) is 9.59 Å². The van der Waals surface area contributed by atoms with Gasteiger partial charge < -0.3 is 23.8 Å². The van der Waals surface area contributed by atoms with Gasteiger partial charge in [0.15, 0.2) is 5.79 Å². The summed E-state index contributed by atoms with van der Waals surface area (Å²) in [5.74, 6) is -1.06. The number of carbonyl (C=O) groups excluding carboxylic acids is 2. The maximum Gasteiger partial charge on any atom is 0.254 e. The summed E-state index contributed by atoms with van der Waals surface area (Å²) in [5.41, 5.74) is 3.36. The Hall–Kier alpha value is -3.16. The quantitative estimate of drug-likeness (QED) is 0.630. The normalized spacial score (nSPS) is 24.1. The van der Waals surface area contributed by atoms with Crippen LogP contribution in [0.3, 0.4) is 0 Å². The number of fused-ring (bicyclic) bond motifs is 1. The van der Waals surface area contributed by atoms with Crippen LogP contribution in [0.5, 0.6) is 0 Å². The number of nitrogens with zero attached hydrogens (tertiary/aromatic N) is 3. The lowest BCUT2D eigenvalue weighted by molar-refractivity contribution is -0.188. The van der Waals surface area contributed by atoms with Gasteiger partial charge in [0.2, 0.25) is 5.91 Å². The van der Waals surface area contributed by atoms with Crippen LogP contribution in [0.1, 0.15) is 58.8 Å². The monoisotopic (exact) mass is 475 g/mol. The molecule has 2 atom stereocenters. The molecule has 0 bridgehead atoms. The summed E-state index contributed by atoms with van der Waals surface area (Å²) in [4.78, 5) is 31.3. The Morgan fingerprint density at radius 3 is 2.46 bits per heavy atom. The molecule has 5 rings (SSSR count). The molecule has 7 nitrogen and oxygen atoms in total. The summed E-state index contributed by atoms with van der Waals surface area (Å²) in [7, 11) is 3.78. The van der Waals surface area contributed by atoms with Crippen LogP contribution in [-0.4, -0.2) is 65.3 Å². The Kier molecular flexibility index (Phi) is 6.38. The summed E-state index contributed by atoms with van der Waals surface area (Å²) in [5, 5.41) is 0. The summed E-state index contributed by atoms with van der Waals surface area (Å²) in [6, 6.07) is 7.13. The number of piperidine rings is 1. The maximum atomic E-state index is 14.2. The Morgan fingerprint density at radius 1 is 1.03 bits per heavy atom. The van der Waals surface area contributed by atoms with Gasteiger partial charge in [0.25, 0.3) is 5.91 Å². The minimum Gasteiger partial charge on any atom is -0.356 e. The van der Waals surface area contributed by atoms with E-state index in [9.17, 15) is 9.59 Å². The molecule has 0 radical (unpaired) electrons. The molecule has 2 aromatic rings. The molecule has 0 N–H and O–H groups in total. The Morgan fingerprint density at radius 2 is 1.74 bits per heavy atom. The third kappa shape index (κ3) is 4.23. The van der Waals surface area contributed by atoms with Crippen molar-refractivity contribution in [1.29, 1.82) is 0 Å². The Labute approximate surface area is 206 Å². The highest BCUT2D eigenvalue weighted by atomic mass is 16.7. The molecule has 4 heterocycles. The van der Waals surface area contributed by atoms with E-state index in [4.69, 9.17) is 9.47 Å². The smallest absolute Gasteiger partial charge is 0.254 e. The number of likely N-dealkylation sites (tertiary alicyclic amines) is 1. The number of hydrogen-bond donors (Lipinski definition) is 0. The molecule has 1 aromatic carbocycles. The molecule has 7 heteroatoms. The molecule has 1 spiro atoms. The van der Waals surface area contributed by atoms with Gasteiger partial charge in [-0.05, 0) is 24.1 Å². The predicted octanol–water partition coefficient (Wildman–Crippen LogP) is 3.89. The van der Waals surface area contributed by atoms with Crippen molar-refractivity contribution < 1.29 is 19.1 Å². The Bertz CT molecular complexity index is 1160. The van der Waals surface area contributed by atoms with Crippen molar-refractivity contribution >= 4 is 17.9 Å².